The number of aromatic amines is 1. The third kappa shape index (κ3) is 3.41. The van der Waals surface area contributed by atoms with Crippen LogP contribution in [0.2, 0.25) is 0 Å². The van der Waals surface area contributed by atoms with Gasteiger partial charge in [-0.05, 0) is 0 Å². The lowest BCUT2D eigenvalue weighted by molar-refractivity contribution is -0.318. The van der Waals surface area contributed by atoms with E-state index in [-0.39, 0.29) is 11.2 Å². The number of H-pyrrole nitrogens is 1. The predicted octanol–water partition coefficient (Wildman–Crippen LogP) is -4.44. The maximum Gasteiger partial charge on any atom is 0.278 e. The minimum absolute atomic E-state index is 0.0205. The first-order chi connectivity index (χ1) is 14.4. The Balaban J connectivity index is 1.58. The average Bonchev–Trinajstić information content (AvgIpc) is 3.30. The maximum absolute atomic E-state index is 11.8. The highest BCUT2D eigenvalue weighted by molar-refractivity contribution is 5.68. The zero-order valence-corrected chi connectivity index (χ0v) is 15.4. The van der Waals surface area contributed by atoms with E-state index < -0.39 is 74.0 Å². The number of ether oxygens (including phenoxy) is 3. The number of hydrogen-bond donors (Lipinski definition) is 7. The van der Waals surface area contributed by atoms with Crippen LogP contribution in [0.5, 0.6) is 0 Å². The summed E-state index contributed by atoms with van der Waals surface area (Å²) in [6, 6.07) is 0. The second-order valence-corrected chi connectivity index (χ2v) is 7.09. The smallest absolute Gasteiger partial charge is 0.278 e. The van der Waals surface area contributed by atoms with Gasteiger partial charge in [0.05, 0.1) is 25.9 Å². The number of rotatable bonds is 5. The van der Waals surface area contributed by atoms with Crippen LogP contribution >= 0.6 is 0 Å². The van der Waals surface area contributed by atoms with Crippen LogP contribution < -0.4 is 5.56 Å². The van der Waals surface area contributed by atoms with Crippen molar-refractivity contribution in [3.8, 4) is 0 Å². The van der Waals surface area contributed by atoms with E-state index in [1.807, 2.05) is 0 Å². The van der Waals surface area contributed by atoms with Crippen LogP contribution in [0.3, 0.4) is 0 Å². The minimum atomic E-state index is -1.69. The summed E-state index contributed by atoms with van der Waals surface area (Å²) in [6.45, 7) is -1.22. The summed E-state index contributed by atoms with van der Waals surface area (Å²) in [5.74, 6) is 0. The second kappa shape index (κ2) is 8.26. The number of hydrogen-bond acceptors (Lipinski definition) is 12. The van der Waals surface area contributed by atoms with Crippen LogP contribution in [0.25, 0.3) is 11.2 Å². The summed E-state index contributed by atoms with van der Waals surface area (Å²) in [6.07, 6.45) is -10.1. The van der Waals surface area contributed by atoms with Gasteiger partial charge < -0.3 is 49.8 Å². The highest BCUT2D eigenvalue weighted by Crippen LogP contribution is 2.35. The summed E-state index contributed by atoms with van der Waals surface area (Å²) in [5, 5.41) is 59.7. The molecular weight excluding hydrogens is 408 g/mol. The molecule has 14 heteroatoms. The number of aliphatic hydroxyl groups is 6. The van der Waals surface area contributed by atoms with Crippen molar-refractivity contribution in [1.82, 2.24) is 19.5 Å². The van der Waals surface area contributed by atoms with Gasteiger partial charge in [-0.25, -0.2) is 9.97 Å². The molecule has 30 heavy (non-hydrogen) atoms. The molecular formula is C16H22N4O10. The number of nitrogens with one attached hydrogen (secondary N) is 1. The molecule has 7 N–H and O–H groups in total. The van der Waals surface area contributed by atoms with Gasteiger partial charge in [0.2, 0.25) is 0 Å². The molecule has 2 saturated heterocycles. The Kier molecular flexibility index (Phi) is 5.84. The lowest BCUT2D eigenvalue weighted by atomic mass is 9.99. The third-order valence-corrected chi connectivity index (χ3v) is 5.27. The Hall–Kier alpha value is -2.01. The standard InChI is InChI=1S/C16H22N4O10/c21-1-5-8(23)9(24)10(25)16(29-5)30-12-6(2-22)28-15(11(12)26)20-4-19-7-13(20)17-3-18-14(7)27/h3-6,8-12,15-16,21-26H,1-2H2,(H,17,18,27)/t5?,6-,8-,9?,10?,11?,12?,15-,16-/m1/s1. The summed E-state index contributed by atoms with van der Waals surface area (Å²) < 4.78 is 17.8. The number of nitrogens with zero attached hydrogens (tertiary/aromatic N) is 3. The molecule has 2 aliphatic rings. The molecule has 5 unspecified atom stereocenters. The van der Waals surface area contributed by atoms with E-state index in [0.29, 0.717) is 0 Å². The molecule has 0 amide bonds. The monoisotopic (exact) mass is 430 g/mol. The fourth-order valence-electron chi connectivity index (χ4n) is 3.65. The largest absolute Gasteiger partial charge is 0.394 e. The molecule has 4 rings (SSSR count). The Morgan fingerprint density at radius 1 is 1.00 bits per heavy atom. The van der Waals surface area contributed by atoms with Gasteiger partial charge in [-0.15, -0.1) is 0 Å². The van der Waals surface area contributed by atoms with Crippen LogP contribution in [-0.2, 0) is 14.2 Å². The second-order valence-electron chi connectivity index (χ2n) is 7.09. The highest BCUT2D eigenvalue weighted by atomic mass is 16.7. The van der Waals surface area contributed by atoms with Crippen molar-refractivity contribution >= 4 is 11.2 Å². The topological polar surface area (TPSA) is 213 Å². The van der Waals surface area contributed by atoms with Crippen molar-refractivity contribution in [2.45, 2.75) is 55.2 Å². The Morgan fingerprint density at radius 2 is 1.73 bits per heavy atom. The van der Waals surface area contributed by atoms with Gasteiger partial charge in [-0.2, -0.15) is 0 Å². The van der Waals surface area contributed by atoms with Crippen LogP contribution in [0.4, 0.5) is 0 Å². The van der Waals surface area contributed by atoms with Gasteiger partial charge in [-0.1, -0.05) is 0 Å². The van der Waals surface area contributed by atoms with Gasteiger partial charge in [-0.3, -0.25) is 9.36 Å². The van der Waals surface area contributed by atoms with E-state index in [4.69, 9.17) is 14.2 Å². The molecule has 0 aliphatic carbocycles. The number of aromatic nitrogens is 4. The molecule has 2 aromatic heterocycles. The van der Waals surface area contributed by atoms with E-state index >= 15 is 0 Å². The average molecular weight is 430 g/mol. The fraction of sp³-hybridized carbons (Fsp3) is 0.688. The summed E-state index contributed by atoms with van der Waals surface area (Å²) in [7, 11) is 0. The molecule has 14 nitrogen and oxygen atoms in total. The SMILES string of the molecule is O=c1[nH]cnc2c1ncn2[C@@H]1O[C@H](CO)C(O[C@H]2OC(CO)[C@@H](O)C(O)C2O)C1O. The summed E-state index contributed by atoms with van der Waals surface area (Å²) in [5.41, 5.74) is -0.334. The molecule has 2 fully saturated rings. The third-order valence-electron chi connectivity index (χ3n) is 5.27. The van der Waals surface area contributed by atoms with Crippen LogP contribution in [0.15, 0.2) is 17.4 Å². The highest BCUT2D eigenvalue weighted by Gasteiger charge is 2.51. The molecule has 0 bridgehead atoms. The van der Waals surface area contributed by atoms with Gasteiger partial charge in [0.1, 0.15) is 42.7 Å². The zero-order valence-electron chi connectivity index (χ0n) is 15.4. The molecule has 9 atom stereocenters. The number of fused-ring (bicyclic) bond motifs is 1. The minimum Gasteiger partial charge on any atom is -0.394 e. The van der Waals surface area contributed by atoms with Crippen LogP contribution in [0, 0.1) is 0 Å². The van der Waals surface area contributed by atoms with Crippen LogP contribution in [0.1, 0.15) is 6.23 Å². The molecule has 2 aliphatic heterocycles. The first-order valence-corrected chi connectivity index (χ1v) is 9.18. The van der Waals surface area contributed by atoms with Gasteiger partial charge in [0, 0.05) is 0 Å². The Bertz CT molecular complexity index is 934. The molecule has 0 saturated carbocycles. The number of aliphatic hydroxyl groups excluding tert-OH is 6. The van der Waals surface area contributed by atoms with Crippen molar-refractivity contribution < 1.29 is 44.8 Å². The van der Waals surface area contributed by atoms with Gasteiger partial charge in [0.25, 0.3) is 5.56 Å². The first kappa shape index (κ1) is 21.2. The number of imidazole rings is 1. The predicted molar refractivity (Wildman–Crippen MR) is 93.8 cm³/mol. The molecule has 2 aromatic rings. The molecule has 0 aromatic carbocycles. The van der Waals surface area contributed by atoms with E-state index in [1.165, 1.54) is 10.9 Å². The van der Waals surface area contributed by atoms with E-state index in [2.05, 4.69) is 15.0 Å². The first-order valence-electron chi connectivity index (χ1n) is 9.18. The van der Waals surface area contributed by atoms with Crippen molar-refractivity contribution in [1.29, 1.82) is 0 Å². The Labute approximate surface area is 167 Å². The van der Waals surface area contributed by atoms with E-state index in [1.54, 1.807) is 0 Å². The Morgan fingerprint density at radius 3 is 2.43 bits per heavy atom. The maximum atomic E-state index is 11.8. The lowest BCUT2D eigenvalue weighted by Crippen LogP contribution is -2.60. The van der Waals surface area contributed by atoms with Crippen molar-refractivity contribution in [2.24, 2.45) is 0 Å². The van der Waals surface area contributed by atoms with Crippen molar-refractivity contribution in [3.63, 3.8) is 0 Å². The molecule has 166 valence electrons. The lowest BCUT2D eigenvalue weighted by Gasteiger charge is -2.41. The molecule has 0 radical (unpaired) electrons. The van der Waals surface area contributed by atoms with E-state index in [9.17, 15) is 35.4 Å². The fourth-order valence-corrected chi connectivity index (χ4v) is 3.65. The normalized spacial score (nSPS) is 39.6. The van der Waals surface area contributed by atoms with Crippen molar-refractivity contribution in [2.75, 3.05) is 13.2 Å². The summed E-state index contributed by atoms with van der Waals surface area (Å²) >= 11 is 0. The van der Waals surface area contributed by atoms with Crippen molar-refractivity contribution in [3.05, 3.63) is 23.0 Å². The quantitative estimate of drug-likeness (QED) is 0.239. The van der Waals surface area contributed by atoms with E-state index in [0.717, 1.165) is 6.33 Å². The zero-order chi connectivity index (χ0) is 21.6. The van der Waals surface area contributed by atoms with Gasteiger partial charge in [0.15, 0.2) is 23.7 Å². The summed E-state index contributed by atoms with van der Waals surface area (Å²) in [4.78, 5) is 22.2. The molecule has 4 heterocycles. The van der Waals surface area contributed by atoms with Crippen LogP contribution in [-0.4, -0.2) is 112 Å². The molecule has 0 spiro atoms. The van der Waals surface area contributed by atoms with Gasteiger partial charge >= 0.3 is 0 Å².